The predicted octanol–water partition coefficient (Wildman–Crippen LogP) is 12.9. The summed E-state index contributed by atoms with van der Waals surface area (Å²) >= 11 is 0. The Bertz CT molecular complexity index is 2130. The van der Waals surface area contributed by atoms with Gasteiger partial charge in [-0.2, -0.15) is 0 Å². The molecule has 0 amide bonds. The second-order valence-corrected chi connectivity index (χ2v) is 22.3. The van der Waals surface area contributed by atoms with Gasteiger partial charge in [0.05, 0.1) is 13.8 Å². The maximum atomic E-state index is 12.2. The first-order chi connectivity index (χ1) is 23.9. The quantitative estimate of drug-likeness (QED) is 0.0516. The number of hydrogen-bond donors (Lipinski definition) is 1. The first-order valence-electron chi connectivity index (χ1n) is 18.9. The van der Waals surface area contributed by atoms with Crippen molar-refractivity contribution < 1.29 is 34.7 Å². The van der Waals surface area contributed by atoms with Gasteiger partial charge in [0.15, 0.2) is 5.78 Å². The van der Waals surface area contributed by atoms with Crippen LogP contribution in [0.5, 0.6) is 11.5 Å². The van der Waals surface area contributed by atoms with Gasteiger partial charge in [-0.25, -0.2) is 0 Å². The van der Waals surface area contributed by atoms with Crippen LogP contribution in [0.25, 0.3) is 43.6 Å². The maximum Gasteiger partial charge on any atom is 0.164 e. The minimum atomic E-state index is -1.42. The number of benzene rings is 4. The molecule has 0 atom stereocenters. The van der Waals surface area contributed by atoms with E-state index in [1.807, 2.05) is 47.7 Å². The van der Waals surface area contributed by atoms with Crippen molar-refractivity contribution in [3.63, 3.8) is 0 Å². The molecule has 4 aromatic carbocycles. The minimum absolute atomic E-state index is 0. The number of ketones is 1. The zero-order chi connectivity index (χ0) is 37.5. The Morgan fingerprint density at radius 2 is 1.48 bits per heavy atom. The number of ether oxygens (including phenoxy) is 1. The number of allylic oxidation sites excluding steroid dienone is 2. The van der Waals surface area contributed by atoms with Crippen molar-refractivity contribution in [2.24, 2.45) is 16.2 Å². The number of carbonyl (C=O) groups is 1. The number of rotatable bonds is 9. The molecule has 0 saturated heterocycles. The predicted molar refractivity (Wildman–Crippen MR) is 220 cm³/mol. The number of nitrogens with zero attached hydrogens (tertiary/aromatic N) is 1. The molecule has 0 saturated carbocycles. The van der Waals surface area contributed by atoms with Crippen LogP contribution in [-0.4, -0.2) is 23.9 Å². The second-order valence-electron chi connectivity index (χ2n) is 17.3. The molecule has 0 spiro atoms. The fourth-order valence-corrected chi connectivity index (χ4v) is 8.08. The van der Waals surface area contributed by atoms with Crippen molar-refractivity contribution in [2.45, 2.75) is 114 Å². The molecule has 52 heavy (non-hydrogen) atoms. The third kappa shape index (κ3) is 8.10. The molecular weight excluding hydrogens is 835 g/mol. The average molecular weight is 893 g/mol. The smallest absolute Gasteiger partial charge is 0.164 e. The molecule has 0 unspecified atom stereocenters. The van der Waals surface area contributed by atoms with Crippen LogP contribution in [0.3, 0.4) is 0 Å². The molecule has 5 aromatic rings. The number of fused-ring (bicyclic) bond motifs is 5. The van der Waals surface area contributed by atoms with E-state index in [4.69, 9.17) is 9.72 Å². The van der Waals surface area contributed by atoms with Gasteiger partial charge in [-0.1, -0.05) is 140 Å². The topological polar surface area (TPSA) is 59.4 Å². The van der Waals surface area contributed by atoms with Crippen LogP contribution < -0.4 is 9.92 Å². The molecule has 6 rings (SSSR count). The first kappa shape index (κ1) is 41.4. The van der Waals surface area contributed by atoms with E-state index in [0.717, 1.165) is 65.6 Å². The number of hydrogen-bond acceptors (Lipinski definition) is 4. The fraction of sp³-hybridized carbons (Fsp3) is 0.435. The molecule has 2 heterocycles. The molecule has 1 aliphatic heterocycles. The summed E-state index contributed by atoms with van der Waals surface area (Å²) in [5, 5.41) is 18.7. The van der Waals surface area contributed by atoms with Gasteiger partial charge >= 0.3 is 0 Å². The zero-order valence-corrected chi connectivity index (χ0v) is 36.8. The summed E-state index contributed by atoms with van der Waals surface area (Å²) in [7, 11) is -1.42. The molecule has 4 nitrogen and oxygen atoms in total. The summed E-state index contributed by atoms with van der Waals surface area (Å²) in [6.45, 7) is 26.1. The van der Waals surface area contributed by atoms with Crippen molar-refractivity contribution in [2.75, 3.05) is 0 Å². The van der Waals surface area contributed by atoms with E-state index in [0.29, 0.717) is 0 Å². The van der Waals surface area contributed by atoms with Crippen LogP contribution in [0.1, 0.15) is 93.6 Å². The number of aromatic nitrogens is 1. The summed E-state index contributed by atoms with van der Waals surface area (Å²) < 4.78 is 6.81. The van der Waals surface area contributed by atoms with Crippen molar-refractivity contribution >= 4 is 51.4 Å². The summed E-state index contributed by atoms with van der Waals surface area (Å²) in [6.07, 6.45) is 7.61. The standard InChI is InChI=1S/C31H30NOSi.C15H28O2.Ir/c1-31(2,3)18-26-22-10-8-7-9-19(22)16-25-29-28-24(13-14-32-29)23-12-11-21(34(4,5)6)15-20(23)17-27(28)33-30(25)26;1-7-14(5,8-2)12(16)11-13(17)15(6,9-3)10-4;/h7-15,17H,18H2,1-6H3;11,16H,7-10H2,1-6H3;/q-1;;/b;12-11-;. The van der Waals surface area contributed by atoms with Crippen LogP contribution in [0.15, 0.2) is 72.6 Å². The van der Waals surface area contributed by atoms with Gasteiger partial charge < -0.3 is 9.84 Å². The van der Waals surface area contributed by atoms with E-state index < -0.39 is 8.07 Å². The average Bonchev–Trinajstić information content (AvgIpc) is 3.10. The molecular formula is C46H58IrNO3Si-. The Morgan fingerprint density at radius 3 is 2.08 bits per heavy atom. The van der Waals surface area contributed by atoms with Gasteiger partial charge in [0.2, 0.25) is 0 Å². The first-order valence-corrected chi connectivity index (χ1v) is 22.4. The normalized spacial score (nSPS) is 13.3. The number of carbonyl (C=O) groups excluding carboxylic acids is 1. The Balaban J connectivity index is 0.000000289. The van der Waals surface area contributed by atoms with E-state index in [-0.39, 0.29) is 47.9 Å². The Kier molecular flexibility index (Phi) is 12.4. The molecule has 1 aromatic heterocycles. The summed E-state index contributed by atoms with van der Waals surface area (Å²) in [4.78, 5) is 17.1. The molecule has 1 N–H and O–H groups in total. The number of aliphatic hydroxyl groups excluding tert-OH is 1. The van der Waals surface area contributed by atoms with E-state index in [1.54, 1.807) is 0 Å². The van der Waals surface area contributed by atoms with Gasteiger partial charge in [0.1, 0.15) is 11.5 Å². The molecule has 0 bridgehead atoms. The minimum Gasteiger partial charge on any atom is -0.512 e. The van der Waals surface area contributed by atoms with Crippen molar-refractivity contribution in [3.8, 4) is 22.8 Å². The Hall–Kier alpha value is -3.31. The summed E-state index contributed by atoms with van der Waals surface area (Å²) in [5.74, 6) is 2.11. The van der Waals surface area contributed by atoms with Crippen LogP contribution in [-0.2, 0) is 31.3 Å². The molecule has 1 aliphatic rings. The van der Waals surface area contributed by atoms with Crippen LogP contribution in [0.2, 0.25) is 19.6 Å². The summed E-state index contributed by atoms with van der Waals surface area (Å²) in [5.41, 5.74) is 2.72. The zero-order valence-electron chi connectivity index (χ0n) is 33.4. The van der Waals surface area contributed by atoms with Gasteiger partial charge in [0, 0.05) is 54.3 Å². The molecule has 0 aliphatic carbocycles. The Morgan fingerprint density at radius 1 is 0.846 bits per heavy atom. The van der Waals surface area contributed by atoms with E-state index >= 15 is 0 Å². The summed E-state index contributed by atoms with van der Waals surface area (Å²) in [6, 6.07) is 23.5. The van der Waals surface area contributed by atoms with Gasteiger partial charge in [0.25, 0.3) is 0 Å². The van der Waals surface area contributed by atoms with E-state index in [2.05, 4.69) is 101 Å². The van der Waals surface area contributed by atoms with Crippen molar-refractivity contribution in [1.29, 1.82) is 0 Å². The van der Waals surface area contributed by atoms with Gasteiger partial charge in [-0.3, -0.25) is 9.78 Å². The third-order valence-corrected chi connectivity index (χ3v) is 13.5. The Labute approximate surface area is 326 Å². The monoisotopic (exact) mass is 893 g/mol. The maximum absolute atomic E-state index is 12.2. The molecule has 0 fully saturated rings. The third-order valence-electron chi connectivity index (χ3n) is 11.5. The fourth-order valence-electron chi connectivity index (χ4n) is 6.91. The van der Waals surface area contributed by atoms with Crippen molar-refractivity contribution in [1.82, 2.24) is 4.98 Å². The molecule has 1 radical (unpaired) electrons. The largest absolute Gasteiger partial charge is 0.512 e. The van der Waals surface area contributed by atoms with Gasteiger partial charge in [-0.15, -0.1) is 17.5 Å². The van der Waals surface area contributed by atoms with Gasteiger partial charge in [-0.05, 0) is 65.8 Å². The molecule has 6 heteroatoms. The van der Waals surface area contributed by atoms with Crippen molar-refractivity contribution in [3.05, 3.63) is 84.3 Å². The van der Waals surface area contributed by atoms with E-state index in [1.165, 1.54) is 38.4 Å². The number of pyridine rings is 1. The number of aliphatic hydroxyl groups is 1. The SMILES string of the molecule is CC(C)(C)Cc1c2c([c-]c3ccccc13)-c1nccc3c1c(cc1cc([Si](C)(C)C)ccc13)O2.CCC(C)(CC)C(=O)/C=C(\O)C(C)(CC)CC.[Ir]. The van der Waals surface area contributed by atoms with Crippen LogP contribution >= 0.6 is 0 Å². The van der Waals surface area contributed by atoms with E-state index in [9.17, 15) is 9.90 Å². The van der Waals surface area contributed by atoms with Crippen LogP contribution in [0.4, 0.5) is 0 Å². The second kappa shape index (κ2) is 15.6. The molecule has 279 valence electrons. The van der Waals surface area contributed by atoms with Crippen LogP contribution in [0, 0.1) is 22.3 Å².